The lowest BCUT2D eigenvalue weighted by Crippen LogP contribution is -2.36. The third-order valence-electron chi connectivity index (χ3n) is 2.58. The van der Waals surface area contributed by atoms with E-state index in [4.69, 9.17) is 5.73 Å². The lowest BCUT2D eigenvalue weighted by molar-refractivity contribution is -0.122. The smallest absolute Gasteiger partial charge is 0.241 e. The van der Waals surface area contributed by atoms with Gasteiger partial charge >= 0.3 is 0 Å². The second kappa shape index (κ2) is 6.27. The molecule has 0 fully saturated rings. The summed E-state index contributed by atoms with van der Waals surface area (Å²) in [6.07, 6.45) is 5.39. The number of carbonyl (C=O) groups excluding carboxylic acids is 1. The Hall–Kier alpha value is -1.36. The van der Waals surface area contributed by atoms with E-state index in [1.165, 1.54) is 0 Å². The Morgan fingerprint density at radius 2 is 2.25 bits per heavy atom. The van der Waals surface area contributed by atoms with Crippen molar-refractivity contribution in [3.8, 4) is 0 Å². The summed E-state index contributed by atoms with van der Waals surface area (Å²) in [6, 6.07) is 0.261. The highest BCUT2D eigenvalue weighted by Gasteiger charge is 2.09. The van der Waals surface area contributed by atoms with Crippen molar-refractivity contribution in [2.75, 3.05) is 0 Å². The van der Waals surface area contributed by atoms with Crippen LogP contribution in [0.4, 0.5) is 0 Å². The number of rotatable bonds is 6. The van der Waals surface area contributed by atoms with Crippen molar-refractivity contribution in [3.05, 3.63) is 18.0 Å². The van der Waals surface area contributed by atoms with Crippen LogP contribution in [0.25, 0.3) is 0 Å². The van der Waals surface area contributed by atoms with E-state index in [-0.39, 0.29) is 18.5 Å². The summed E-state index contributed by atoms with van der Waals surface area (Å²) >= 11 is 0. The molecule has 3 N–H and O–H groups in total. The Kier molecular flexibility index (Phi) is 4.98. The van der Waals surface area contributed by atoms with Gasteiger partial charge in [-0.2, -0.15) is 5.10 Å². The number of aromatic nitrogens is 2. The fraction of sp³-hybridized carbons (Fsp3) is 0.636. The van der Waals surface area contributed by atoms with Crippen LogP contribution in [0.5, 0.6) is 0 Å². The molecule has 0 radical (unpaired) electrons. The molecule has 0 aliphatic carbocycles. The van der Waals surface area contributed by atoms with Crippen molar-refractivity contribution in [2.24, 2.45) is 5.73 Å². The van der Waals surface area contributed by atoms with Gasteiger partial charge in [-0.15, -0.1) is 0 Å². The molecule has 0 aliphatic heterocycles. The predicted octanol–water partition coefficient (Wildman–Crippen LogP) is 0.647. The average Bonchev–Trinajstić information content (AvgIpc) is 2.73. The van der Waals surface area contributed by atoms with Gasteiger partial charge in [-0.1, -0.05) is 13.8 Å². The predicted molar refractivity (Wildman–Crippen MR) is 62.6 cm³/mol. The molecule has 90 valence electrons. The van der Waals surface area contributed by atoms with Crippen molar-refractivity contribution >= 4 is 5.91 Å². The number of carbonyl (C=O) groups is 1. The lowest BCUT2D eigenvalue weighted by Gasteiger charge is -2.14. The molecule has 0 aliphatic rings. The van der Waals surface area contributed by atoms with E-state index in [2.05, 4.69) is 24.3 Å². The van der Waals surface area contributed by atoms with Gasteiger partial charge in [0.1, 0.15) is 6.54 Å². The summed E-state index contributed by atoms with van der Waals surface area (Å²) in [5.41, 5.74) is 6.40. The van der Waals surface area contributed by atoms with Crippen LogP contribution in [0.15, 0.2) is 12.4 Å². The molecule has 1 aromatic rings. The van der Waals surface area contributed by atoms with Gasteiger partial charge < -0.3 is 11.1 Å². The molecule has 0 bridgehead atoms. The van der Waals surface area contributed by atoms with Crippen LogP contribution in [0.3, 0.4) is 0 Å². The highest BCUT2D eigenvalue weighted by molar-refractivity contribution is 5.75. The van der Waals surface area contributed by atoms with Crippen LogP contribution in [-0.4, -0.2) is 21.7 Å². The van der Waals surface area contributed by atoms with Gasteiger partial charge in [0.15, 0.2) is 0 Å². The topological polar surface area (TPSA) is 72.9 Å². The first-order chi connectivity index (χ1) is 7.69. The standard InChI is InChI=1S/C11H20N4O/c1-3-10(4-2)14-11(16)8-15-7-9(5-12)6-13-15/h6-7,10H,3-5,8,12H2,1-2H3,(H,14,16). The summed E-state index contributed by atoms with van der Waals surface area (Å²) in [4.78, 5) is 11.6. The molecular formula is C11H20N4O. The molecule has 0 atom stereocenters. The summed E-state index contributed by atoms with van der Waals surface area (Å²) in [5.74, 6) is 0.000344. The van der Waals surface area contributed by atoms with Crippen molar-refractivity contribution in [1.29, 1.82) is 0 Å². The van der Waals surface area contributed by atoms with E-state index < -0.39 is 0 Å². The molecule has 0 saturated heterocycles. The van der Waals surface area contributed by atoms with Gasteiger partial charge in [-0.3, -0.25) is 9.48 Å². The van der Waals surface area contributed by atoms with Gasteiger partial charge in [0.05, 0.1) is 6.20 Å². The van der Waals surface area contributed by atoms with Crippen LogP contribution in [0, 0.1) is 0 Å². The molecule has 5 nitrogen and oxygen atoms in total. The maximum absolute atomic E-state index is 11.6. The Balaban J connectivity index is 2.44. The van der Waals surface area contributed by atoms with Crippen molar-refractivity contribution < 1.29 is 4.79 Å². The van der Waals surface area contributed by atoms with Crippen LogP contribution in [-0.2, 0) is 17.9 Å². The largest absolute Gasteiger partial charge is 0.352 e. The number of hydrogen-bond donors (Lipinski definition) is 2. The fourth-order valence-electron chi connectivity index (χ4n) is 1.51. The van der Waals surface area contributed by atoms with Crippen molar-refractivity contribution in [3.63, 3.8) is 0 Å². The summed E-state index contributed by atoms with van der Waals surface area (Å²) in [6.45, 7) is 4.84. The Morgan fingerprint density at radius 1 is 1.56 bits per heavy atom. The van der Waals surface area contributed by atoms with Crippen LogP contribution >= 0.6 is 0 Å². The first kappa shape index (κ1) is 12.7. The van der Waals surface area contributed by atoms with E-state index in [9.17, 15) is 4.79 Å². The van der Waals surface area contributed by atoms with Gasteiger partial charge in [0, 0.05) is 24.3 Å². The molecule has 16 heavy (non-hydrogen) atoms. The zero-order chi connectivity index (χ0) is 12.0. The molecular weight excluding hydrogens is 204 g/mol. The fourth-order valence-corrected chi connectivity index (χ4v) is 1.51. The quantitative estimate of drug-likeness (QED) is 0.745. The third kappa shape index (κ3) is 3.66. The summed E-state index contributed by atoms with van der Waals surface area (Å²) in [7, 11) is 0. The Bertz CT molecular complexity index is 330. The molecule has 1 rings (SSSR count). The third-order valence-corrected chi connectivity index (χ3v) is 2.58. The van der Waals surface area contributed by atoms with Crippen LogP contribution in [0.2, 0.25) is 0 Å². The number of nitrogens with two attached hydrogens (primary N) is 1. The van der Waals surface area contributed by atoms with Gasteiger partial charge in [0.2, 0.25) is 5.91 Å². The van der Waals surface area contributed by atoms with Gasteiger partial charge in [-0.05, 0) is 12.8 Å². The highest BCUT2D eigenvalue weighted by Crippen LogP contribution is 1.98. The van der Waals surface area contributed by atoms with Crippen molar-refractivity contribution in [2.45, 2.75) is 45.8 Å². The number of amides is 1. The highest BCUT2D eigenvalue weighted by atomic mass is 16.2. The second-order valence-electron chi connectivity index (χ2n) is 3.83. The monoisotopic (exact) mass is 224 g/mol. The first-order valence-corrected chi connectivity index (χ1v) is 5.70. The van der Waals surface area contributed by atoms with Gasteiger partial charge in [0.25, 0.3) is 0 Å². The molecule has 1 aromatic heterocycles. The number of nitrogens with zero attached hydrogens (tertiary/aromatic N) is 2. The van der Waals surface area contributed by atoms with E-state index in [0.29, 0.717) is 6.54 Å². The minimum atomic E-state index is 0.000344. The molecule has 0 saturated carbocycles. The van der Waals surface area contributed by atoms with Crippen LogP contribution in [0.1, 0.15) is 32.3 Å². The maximum atomic E-state index is 11.6. The average molecular weight is 224 g/mol. The second-order valence-corrected chi connectivity index (χ2v) is 3.83. The Labute approximate surface area is 96.0 Å². The van der Waals surface area contributed by atoms with Gasteiger partial charge in [-0.25, -0.2) is 0 Å². The van der Waals surface area contributed by atoms with Crippen molar-refractivity contribution in [1.82, 2.24) is 15.1 Å². The molecule has 0 aromatic carbocycles. The van der Waals surface area contributed by atoms with E-state index in [1.54, 1.807) is 17.1 Å². The molecule has 1 heterocycles. The minimum absolute atomic E-state index is 0.000344. The number of nitrogens with one attached hydrogen (secondary N) is 1. The van der Waals surface area contributed by atoms with E-state index in [1.807, 2.05) is 0 Å². The van der Waals surface area contributed by atoms with E-state index >= 15 is 0 Å². The summed E-state index contributed by atoms with van der Waals surface area (Å²) in [5, 5.41) is 7.02. The molecule has 5 heteroatoms. The first-order valence-electron chi connectivity index (χ1n) is 5.70. The zero-order valence-corrected chi connectivity index (χ0v) is 9.94. The molecule has 1 amide bonds. The molecule has 0 spiro atoms. The number of hydrogen-bond acceptors (Lipinski definition) is 3. The maximum Gasteiger partial charge on any atom is 0.241 e. The molecule has 0 unspecified atom stereocenters. The zero-order valence-electron chi connectivity index (χ0n) is 9.94. The van der Waals surface area contributed by atoms with E-state index in [0.717, 1.165) is 18.4 Å². The normalized spacial score (nSPS) is 10.8. The lowest BCUT2D eigenvalue weighted by atomic mass is 10.2. The summed E-state index contributed by atoms with van der Waals surface area (Å²) < 4.78 is 1.61. The Morgan fingerprint density at radius 3 is 2.75 bits per heavy atom. The minimum Gasteiger partial charge on any atom is -0.352 e. The van der Waals surface area contributed by atoms with Crippen LogP contribution < -0.4 is 11.1 Å². The SMILES string of the molecule is CCC(CC)NC(=O)Cn1cc(CN)cn1.